The number of nitrogens with two attached hydrogens (primary N) is 1. The van der Waals surface area contributed by atoms with E-state index in [9.17, 15) is 12.8 Å². The first-order valence-electron chi connectivity index (χ1n) is 6.41. The number of benzene rings is 1. The van der Waals surface area contributed by atoms with E-state index in [4.69, 9.17) is 21.5 Å². The molecule has 118 valence electrons. The molecule has 0 radical (unpaired) electrons. The van der Waals surface area contributed by atoms with Crippen molar-refractivity contribution in [3.63, 3.8) is 0 Å². The molecule has 1 aliphatic heterocycles. The van der Waals surface area contributed by atoms with Gasteiger partial charge in [0.05, 0.1) is 17.7 Å². The summed E-state index contributed by atoms with van der Waals surface area (Å²) < 4.78 is 43.3. The van der Waals surface area contributed by atoms with E-state index in [1.807, 2.05) is 0 Å². The highest BCUT2D eigenvalue weighted by atomic mass is 35.5. The van der Waals surface area contributed by atoms with E-state index >= 15 is 0 Å². The summed E-state index contributed by atoms with van der Waals surface area (Å²) in [5.41, 5.74) is 0.700. The second-order valence-corrected chi connectivity index (χ2v) is 6.61. The van der Waals surface area contributed by atoms with Gasteiger partial charge in [-0.15, -0.1) is 0 Å². The summed E-state index contributed by atoms with van der Waals surface area (Å²) in [5.74, 6) is -0.696. The van der Waals surface area contributed by atoms with Crippen molar-refractivity contribution in [3.05, 3.63) is 34.6 Å². The van der Waals surface area contributed by atoms with Gasteiger partial charge in [0.2, 0.25) is 0 Å². The third-order valence-corrected chi connectivity index (χ3v) is 4.09. The first-order valence-corrected chi connectivity index (χ1v) is 8.34. The van der Waals surface area contributed by atoms with Crippen molar-refractivity contribution in [2.24, 2.45) is 11.1 Å². The molecule has 2 rings (SSSR count). The number of rotatable bonds is 4. The zero-order valence-electron chi connectivity index (χ0n) is 11.2. The fourth-order valence-electron chi connectivity index (χ4n) is 2.25. The van der Waals surface area contributed by atoms with Gasteiger partial charge >= 0.3 is 0 Å². The van der Waals surface area contributed by atoms with Crippen LogP contribution < -0.4 is 15.2 Å². The highest BCUT2D eigenvalue weighted by Crippen LogP contribution is 2.29. The molecule has 0 saturated carbocycles. The zero-order chi connectivity index (χ0) is 15.5. The van der Waals surface area contributed by atoms with Crippen molar-refractivity contribution in [1.29, 1.82) is 0 Å². The molecule has 1 saturated heterocycles. The van der Waals surface area contributed by atoms with Gasteiger partial charge in [-0.3, -0.25) is 0 Å². The van der Waals surface area contributed by atoms with Crippen LogP contribution in [0.2, 0.25) is 5.02 Å². The SMILES string of the molecule is NS(=O)(=O)NC[C@@H]1CNCCO[C@@H]1c1ccc(F)c(Cl)c1. The average Bonchev–Trinajstić information content (AvgIpc) is 2.64. The highest BCUT2D eigenvalue weighted by molar-refractivity contribution is 7.87. The van der Waals surface area contributed by atoms with Crippen molar-refractivity contribution in [3.8, 4) is 0 Å². The first kappa shape index (κ1) is 16.6. The lowest BCUT2D eigenvalue weighted by Crippen LogP contribution is -2.39. The molecule has 1 aromatic carbocycles. The van der Waals surface area contributed by atoms with Crippen molar-refractivity contribution in [1.82, 2.24) is 10.0 Å². The van der Waals surface area contributed by atoms with Gasteiger partial charge in [-0.05, 0) is 17.7 Å². The predicted molar refractivity (Wildman–Crippen MR) is 77.6 cm³/mol. The fraction of sp³-hybridized carbons (Fsp3) is 0.500. The van der Waals surface area contributed by atoms with E-state index in [-0.39, 0.29) is 17.5 Å². The van der Waals surface area contributed by atoms with Crippen LogP contribution in [0.5, 0.6) is 0 Å². The molecule has 2 atom stereocenters. The third-order valence-electron chi connectivity index (χ3n) is 3.23. The summed E-state index contributed by atoms with van der Waals surface area (Å²) in [7, 11) is -3.78. The molecule has 0 spiro atoms. The Morgan fingerprint density at radius 3 is 2.95 bits per heavy atom. The van der Waals surface area contributed by atoms with E-state index in [1.54, 1.807) is 6.07 Å². The molecule has 4 N–H and O–H groups in total. The molecule has 0 bridgehead atoms. The standard InChI is InChI=1S/C12H17ClFN3O3S/c13-10-5-8(1-2-11(10)14)12-9(6-16-3-4-20-12)7-17-21(15,18)19/h1-2,5,9,12,16-17H,3-4,6-7H2,(H2,15,18,19)/t9-,12+/m0/s1. The maximum absolute atomic E-state index is 13.3. The Morgan fingerprint density at radius 2 is 2.29 bits per heavy atom. The van der Waals surface area contributed by atoms with Crippen LogP contribution in [-0.2, 0) is 14.9 Å². The van der Waals surface area contributed by atoms with Crippen LogP contribution in [0.1, 0.15) is 11.7 Å². The van der Waals surface area contributed by atoms with Crippen LogP contribution in [0.15, 0.2) is 18.2 Å². The molecule has 0 amide bonds. The largest absolute Gasteiger partial charge is 0.372 e. The van der Waals surface area contributed by atoms with Crippen LogP contribution in [0.3, 0.4) is 0 Å². The Bertz CT molecular complexity index is 599. The Labute approximate surface area is 128 Å². The lowest BCUT2D eigenvalue weighted by atomic mass is 9.95. The van der Waals surface area contributed by atoms with E-state index in [0.29, 0.717) is 25.3 Å². The zero-order valence-corrected chi connectivity index (χ0v) is 12.8. The van der Waals surface area contributed by atoms with Gasteiger partial charge in [-0.2, -0.15) is 8.42 Å². The monoisotopic (exact) mass is 337 g/mol. The van der Waals surface area contributed by atoms with E-state index in [0.717, 1.165) is 0 Å². The van der Waals surface area contributed by atoms with Crippen LogP contribution in [0, 0.1) is 11.7 Å². The summed E-state index contributed by atoms with van der Waals surface area (Å²) >= 11 is 5.79. The van der Waals surface area contributed by atoms with E-state index < -0.39 is 22.1 Å². The number of nitrogens with one attached hydrogen (secondary N) is 2. The number of ether oxygens (including phenoxy) is 1. The predicted octanol–water partition coefficient (Wildman–Crippen LogP) is 0.549. The Hall–Kier alpha value is -0.770. The maximum Gasteiger partial charge on any atom is 0.274 e. The fourth-order valence-corrected chi connectivity index (χ4v) is 2.88. The van der Waals surface area contributed by atoms with E-state index in [1.165, 1.54) is 12.1 Å². The molecule has 1 aliphatic rings. The third kappa shape index (κ3) is 4.87. The highest BCUT2D eigenvalue weighted by Gasteiger charge is 2.27. The van der Waals surface area contributed by atoms with Gasteiger partial charge in [0.15, 0.2) is 0 Å². The van der Waals surface area contributed by atoms with Crippen LogP contribution in [-0.4, -0.2) is 34.7 Å². The van der Waals surface area contributed by atoms with Crippen molar-refractivity contribution in [2.75, 3.05) is 26.2 Å². The number of halogens is 2. The van der Waals surface area contributed by atoms with Gasteiger partial charge in [0.1, 0.15) is 5.82 Å². The molecular formula is C12H17ClFN3O3S. The van der Waals surface area contributed by atoms with Gasteiger partial charge in [-0.25, -0.2) is 14.3 Å². The molecule has 0 aliphatic carbocycles. The van der Waals surface area contributed by atoms with Crippen molar-refractivity contribution in [2.45, 2.75) is 6.10 Å². The normalized spacial score (nSPS) is 23.8. The molecule has 9 heteroatoms. The lowest BCUT2D eigenvalue weighted by molar-refractivity contribution is 0.0322. The molecular weight excluding hydrogens is 321 g/mol. The van der Waals surface area contributed by atoms with Gasteiger partial charge in [0.25, 0.3) is 10.2 Å². The average molecular weight is 338 g/mol. The van der Waals surface area contributed by atoms with Crippen molar-refractivity contribution < 1.29 is 17.5 Å². The summed E-state index contributed by atoms with van der Waals surface area (Å²) in [5, 5.41) is 8.11. The molecule has 21 heavy (non-hydrogen) atoms. The van der Waals surface area contributed by atoms with Gasteiger partial charge < -0.3 is 10.1 Å². The molecule has 0 aromatic heterocycles. The molecule has 1 aromatic rings. The molecule has 1 fully saturated rings. The lowest BCUT2D eigenvalue weighted by Gasteiger charge is -2.25. The van der Waals surface area contributed by atoms with Crippen LogP contribution >= 0.6 is 11.6 Å². The van der Waals surface area contributed by atoms with Gasteiger partial charge in [0, 0.05) is 25.6 Å². The van der Waals surface area contributed by atoms with Crippen LogP contribution in [0.4, 0.5) is 4.39 Å². The Kier molecular flexibility index (Phi) is 5.53. The second-order valence-electron chi connectivity index (χ2n) is 4.82. The van der Waals surface area contributed by atoms with Gasteiger partial charge in [-0.1, -0.05) is 17.7 Å². The van der Waals surface area contributed by atoms with Crippen molar-refractivity contribution >= 4 is 21.8 Å². The summed E-state index contributed by atoms with van der Waals surface area (Å²) in [6.07, 6.45) is -0.396. The number of hydrogen-bond donors (Lipinski definition) is 3. The minimum Gasteiger partial charge on any atom is -0.372 e. The first-order chi connectivity index (χ1) is 9.87. The van der Waals surface area contributed by atoms with E-state index in [2.05, 4.69) is 10.0 Å². The minimum atomic E-state index is -3.78. The quantitative estimate of drug-likeness (QED) is 0.748. The van der Waals surface area contributed by atoms with Crippen LogP contribution in [0.25, 0.3) is 0 Å². The molecule has 6 nitrogen and oxygen atoms in total. The topological polar surface area (TPSA) is 93.5 Å². The smallest absolute Gasteiger partial charge is 0.274 e. The molecule has 0 unspecified atom stereocenters. The minimum absolute atomic E-state index is 0.00598. The Balaban J connectivity index is 2.20. The summed E-state index contributed by atoms with van der Waals surface area (Å²) in [6.45, 7) is 1.77. The number of hydrogen-bond acceptors (Lipinski definition) is 4. The maximum atomic E-state index is 13.3. The second kappa shape index (κ2) is 6.99. The summed E-state index contributed by atoms with van der Waals surface area (Å²) in [6, 6.07) is 4.35. The molecule has 1 heterocycles. The Morgan fingerprint density at radius 1 is 1.52 bits per heavy atom. The summed E-state index contributed by atoms with van der Waals surface area (Å²) in [4.78, 5) is 0.